The highest BCUT2D eigenvalue weighted by molar-refractivity contribution is 5.85. The molecule has 0 bridgehead atoms. The van der Waals surface area contributed by atoms with Gasteiger partial charge in [0.05, 0.1) is 12.6 Å². The highest BCUT2D eigenvalue weighted by atomic mass is 16.5. The Morgan fingerprint density at radius 3 is 2.63 bits per heavy atom. The monoisotopic (exact) mass is 269 g/mol. The van der Waals surface area contributed by atoms with Crippen molar-refractivity contribution < 1.29 is 19.2 Å². The Labute approximate surface area is 111 Å². The highest BCUT2D eigenvalue weighted by Crippen LogP contribution is 2.03. The number of amides is 1. The van der Waals surface area contributed by atoms with Crippen LogP contribution < -0.4 is 10.6 Å². The lowest BCUT2D eigenvalue weighted by molar-refractivity contribution is -0.122. The maximum Gasteiger partial charge on any atom is 0.358 e. The Morgan fingerprint density at radius 1 is 1.42 bits per heavy atom. The molecule has 0 aliphatic carbocycles. The fourth-order valence-electron chi connectivity index (χ4n) is 1.30. The van der Waals surface area contributed by atoms with E-state index in [9.17, 15) is 9.59 Å². The van der Waals surface area contributed by atoms with Crippen molar-refractivity contribution >= 4 is 11.9 Å². The van der Waals surface area contributed by atoms with E-state index in [-0.39, 0.29) is 18.1 Å². The Bertz CT molecular complexity index is 442. The third-order valence-corrected chi connectivity index (χ3v) is 2.44. The van der Waals surface area contributed by atoms with Crippen molar-refractivity contribution in [1.29, 1.82) is 0 Å². The van der Waals surface area contributed by atoms with Gasteiger partial charge in [-0.15, -0.1) is 0 Å². The molecule has 0 spiro atoms. The van der Waals surface area contributed by atoms with Crippen molar-refractivity contribution in [2.24, 2.45) is 5.92 Å². The third kappa shape index (κ3) is 5.09. The predicted molar refractivity (Wildman–Crippen MR) is 67.6 cm³/mol. The molecular weight excluding hydrogens is 250 g/mol. The molecule has 106 valence electrons. The van der Waals surface area contributed by atoms with Crippen LogP contribution in [-0.4, -0.2) is 34.7 Å². The zero-order chi connectivity index (χ0) is 14.4. The molecule has 19 heavy (non-hydrogen) atoms. The van der Waals surface area contributed by atoms with Crippen LogP contribution in [0.15, 0.2) is 10.6 Å². The summed E-state index contributed by atoms with van der Waals surface area (Å²) in [6.07, 6.45) is 0. The van der Waals surface area contributed by atoms with E-state index < -0.39 is 12.0 Å². The van der Waals surface area contributed by atoms with Gasteiger partial charge in [0, 0.05) is 12.6 Å². The zero-order valence-electron chi connectivity index (χ0n) is 11.3. The molecule has 0 saturated heterocycles. The van der Waals surface area contributed by atoms with Gasteiger partial charge in [-0.05, 0) is 12.8 Å². The van der Waals surface area contributed by atoms with Crippen LogP contribution in [0.4, 0.5) is 0 Å². The number of nitrogens with one attached hydrogen (secondary N) is 2. The number of carboxylic acid groups (broad SMARTS) is 1. The first-order valence-corrected chi connectivity index (χ1v) is 6.10. The van der Waals surface area contributed by atoms with Crippen LogP contribution >= 0.6 is 0 Å². The van der Waals surface area contributed by atoms with Crippen LogP contribution in [0.2, 0.25) is 0 Å². The van der Waals surface area contributed by atoms with E-state index in [1.807, 2.05) is 13.8 Å². The van der Waals surface area contributed by atoms with Crippen LogP contribution in [0.25, 0.3) is 0 Å². The summed E-state index contributed by atoms with van der Waals surface area (Å²) in [5.74, 6) is -0.478. The number of carboxylic acids is 1. The molecule has 7 heteroatoms. The van der Waals surface area contributed by atoms with Crippen molar-refractivity contribution in [1.82, 2.24) is 15.8 Å². The first-order chi connectivity index (χ1) is 8.90. The molecule has 1 rings (SSSR count). The Morgan fingerprint density at radius 2 is 2.11 bits per heavy atom. The largest absolute Gasteiger partial charge is 0.476 e. The molecule has 1 atom stereocenters. The van der Waals surface area contributed by atoms with Crippen molar-refractivity contribution in [2.75, 3.05) is 6.54 Å². The lowest BCUT2D eigenvalue weighted by Gasteiger charge is -2.14. The van der Waals surface area contributed by atoms with Gasteiger partial charge in [0.2, 0.25) is 5.91 Å². The standard InChI is InChI=1S/C12H19N3O4/c1-7(2)5-14-11(16)8(3)13-6-9-4-10(12(17)18)15-19-9/h4,7-8,13H,5-6H2,1-3H3,(H,14,16)(H,17,18). The molecular formula is C12H19N3O4. The molecule has 0 radical (unpaired) electrons. The van der Waals surface area contributed by atoms with E-state index in [4.69, 9.17) is 9.63 Å². The number of hydrogen-bond donors (Lipinski definition) is 3. The van der Waals surface area contributed by atoms with Crippen molar-refractivity contribution in [3.63, 3.8) is 0 Å². The highest BCUT2D eigenvalue weighted by Gasteiger charge is 2.15. The molecule has 1 amide bonds. The van der Waals surface area contributed by atoms with Gasteiger partial charge >= 0.3 is 5.97 Å². The molecule has 7 nitrogen and oxygen atoms in total. The summed E-state index contributed by atoms with van der Waals surface area (Å²) in [5, 5.41) is 17.8. The second-order valence-electron chi connectivity index (χ2n) is 4.73. The van der Waals surface area contributed by atoms with Crippen LogP contribution in [-0.2, 0) is 11.3 Å². The van der Waals surface area contributed by atoms with Gasteiger partial charge in [0.15, 0.2) is 11.5 Å². The maximum absolute atomic E-state index is 11.7. The summed E-state index contributed by atoms with van der Waals surface area (Å²) in [5.41, 5.74) is -0.145. The predicted octanol–water partition coefficient (Wildman–Crippen LogP) is 0.623. The van der Waals surface area contributed by atoms with E-state index in [0.717, 1.165) is 0 Å². The summed E-state index contributed by atoms with van der Waals surface area (Å²) in [7, 11) is 0. The smallest absolute Gasteiger partial charge is 0.358 e. The maximum atomic E-state index is 11.7. The van der Waals surface area contributed by atoms with Crippen LogP contribution in [0, 0.1) is 5.92 Å². The average Bonchev–Trinajstić information content (AvgIpc) is 2.81. The lowest BCUT2D eigenvalue weighted by Crippen LogP contribution is -2.42. The Balaban J connectivity index is 2.38. The third-order valence-electron chi connectivity index (χ3n) is 2.44. The van der Waals surface area contributed by atoms with Crippen LogP contribution in [0.1, 0.15) is 37.0 Å². The minimum atomic E-state index is -1.14. The quantitative estimate of drug-likeness (QED) is 0.670. The van der Waals surface area contributed by atoms with Gasteiger partial charge in [-0.3, -0.25) is 10.1 Å². The van der Waals surface area contributed by atoms with Crippen molar-refractivity contribution in [3.05, 3.63) is 17.5 Å². The first kappa shape index (κ1) is 15.2. The molecule has 0 fully saturated rings. The fraction of sp³-hybridized carbons (Fsp3) is 0.583. The Hall–Kier alpha value is -1.89. The van der Waals surface area contributed by atoms with Crippen LogP contribution in [0.5, 0.6) is 0 Å². The normalized spacial score (nSPS) is 12.4. The number of carbonyl (C=O) groups excluding carboxylic acids is 1. The molecule has 3 N–H and O–H groups in total. The molecule has 1 aromatic heterocycles. The average molecular weight is 269 g/mol. The van der Waals surface area contributed by atoms with Gasteiger partial charge in [-0.2, -0.15) is 0 Å². The number of carbonyl (C=O) groups is 2. The second kappa shape index (κ2) is 6.89. The summed E-state index contributed by atoms with van der Waals surface area (Å²) in [6.45, 7) is 6.62. The molecule has 0 aromatic carbocycles. The van der Waals surface area contributed by atoms with Gasteiger partial charge in [0.25, 0.3) is 0 Å². The van der Waals surface area contributed by atoms with E-state index in [2.05, 4.69) is 15.8 Å². The van der Waals surface area contributed by atoms with E-state index in [1.54, 1.807) is 6.92 Å². The molecule has 0 aliphatic heterocycles. The van der Waals surface area contributed by atoms with Crippen molar-refractivity contribution in [3.8, 4) is 0 Å². The molecule has 1 unspecified atom stereocenters. The summed E-state index contributed by atoms with van der Waals surface area (Å²) in [4.78, 5) is 22.3. The number of rotatable bonds is 7. The van der Waals surface area contributed by atoms with Crippen LogP contribution in [0.3, 0.4) is 0 Å². The van der Waals surface area contributed by atoms with Crippen molar-refractivity contribution in [2.45, 2.75) is 33.4 Å². The summed E-state index contributed by atoms with van der Waals surface area (Å²) >= 11 is 0. The minimum absolute atomic E-state index is 0.105. The fourth-order valence-corrected chi connectivity index (χ4v) is 1.30. The van der Waals surface area contributed by atoms with E-state index in [0.29, 0.717) is 18.2 Å². The zero-order valence-corrected chi connectivity index (χ0v) is 11.3. The van der Waals surface area contributed by atoms with Gasteiger partial charge < -0.3 is 14.9 Å². The molecule has 1 heterocycles. The number of hydrogen-bond acceptors (Lipinski definition) is 5. The number of aromatic carboxylic acids is 1. The summed E-state index contributed by atoms with van der Waals surface area (Å²) < 4.78 is 4.83. The van der Waals surface area contributed by atoms with Gasteiger partial charge in [0.1, 0.15) is 0 Å². The first-order valence-electron chi connectivity index (χ1n) is 6.10. The van der Waals surface area contributed by atoms with Gasteiger partial charge in [-0.1, -0.05) is 19.0 Å². The lowest BCUT2D eigenvalue weighted by atomic mass is 10.2. The molecule has 0 aliphatic rings. The Kier molecular flexibility index (Phi) is 5.50. The number of aromatic nitrogens is 1. The van der Waals surface area contributed by atoms with Gasteiger partial charge in [-0.25, -0.2) is 4.79 Å². The summed E-state index contributed by atoms with van der Waals surface area (Å²) in [6, 6.07) is 0.936. The molecule has 1 aromatic rings. The number of nitrogens with zero attached hydrogens (tertiary/aromatic N) is 1. The minimum Gasteiger partial charge on any atom is -0.476 e. The van der Waals surface area contributed by atoms with E-state index in [1.165, 1.54) is 6.07 Å². The second-order valence-corrected chi connectivity index (χ2v) is 4.73. The SMILES string of the molecule is CC(C)CNC(=O)C(C)NCc1cc(C(=O)O)no1. The topological polar surface area (TPSA) is 104 Å². The van der Waals surface area contributed by atoms with E-state index >= 15 is 0 Å². The molecule has 0 saturated carbocycles.